The number of rotatable bonds is 8. The van der Waals surface area contributed by atoms with Crippen LogP contribution in [0, 0.1) is 34.9 Å². The highest BCUT2D eigenvalue weighted by Gasteiger charge is 2.50. The Kier molecular flexibility index (Phi) is 9.45. The molecule has 0 spiro atoms. The van der Waals surface area contributed by atoms with E-state index in [2.05, 4.69) is 50.8 Å². The van der Waals surface area contributed by atoms with Gasteiger partial charge in [-0.1, -0.05) is 32.9 Å². The number of carbonyl (C=O) groups is 1. The molecule has 0 bridgehead atoms. The van der Waals surface area contributed by atoms with Crippen LogP contribution in [0.1, 0.15) is 59.8 Å². The van der Waals surface area contributed by atoms with Gasteiger partial charge < -0.3 is 9.47 Å². The first-order chi connectivity index (χ1) is 16.7. The zero-order valence-electron chi connectivity index (χ0n) is 21.7. The van der Waals surface area contributed by atoms with E-state index in [0.29, 0.717) is 25.2 Å². The Bertz CT molecular complexity index is 843. The van der Waals surface area contributed by atoms with Gasteiger partial charge in [-0.05, 0) is 62.7 Å². The number of hydrogen-bond donors (Lipinski definition) is 0. The van der Waals surface area contributed by atoms with Gasteiger partial charge in [0.1, 0.15) is 12.9 Å². The molecule has 1 aromatic rings. The molecule has 0 radical (unpaired) electrons. The lowest BCUT2D eigenvalue weighted by atomic mass is 9.86. The lowest BCUT2D eigenvalue weighted by molar-refractivity contribution is -0.0147. The summed E-state index contributed by atoms with van der Waals surface area (Å²) in [5, 5.41) is 0. The summed E-state index contributed by atoms with van der Waals surface area (Å²) in [6.07, 6.45) is 12.8. The van der Waals surface area contributed by atoms with Crippen molar-refractivity contribution < 1.29 is 18.7 Å². The predicted octanol–water partition coefficient (Wildman–Crippen LogP) is 6.06. The van der Waals surface area contributed by atoms with E-state index in [9.17, 15) is 9.18 Å². The van der Waals surface area contributed by atoms with Crippen LogP contribution in [-0.2, 0) is 9.47 Å². The lowest BCUT2D eigenvalue weighted by Gasteiger charge is -2.32. The Labute approximate surface area is 210 Å². The van der Waals surface area contributed by atoms with Crippen molar-refractivity contribution in [1.29, 1.82) is 0 Å². The van der Waals surface area contributed by atoms with Crippen LogP contribution in [0.4, 0.5) is 9.18 Å². The second kappa shape index (κ2) is 12.1. The van der Waals surface area contributed by atoms with E-state index in [1.807, 2.05) is 17.1 Å². The summed E-state index contributed by atoms with van der Waals surface area (Å²) in [6.45, 7) is 17.5. The molecule has 7 heteroatoms. The molecule has 2 heterocycles. The fourth-order valence-electron chi connectivity index (χ4n) is 5.80. The predicted molar refractivity (Wildman–Crippen MR) is 135 cm³/mol. The highest BCUT2D eigenvalue weighted by molar-refractivity contribution is 5.69. The van der Waals surface area contributed by atoms with Crippen LogP contribution in [0.15, 0.2) is 44.0 Å². The third kappa shape index (κ3) is 6.69. The second-order valence-corrected chi connectivity index (χ2v) is 10.6. The van der Waals surface area contributed by atoms with Gasteiger partial charge in [0.2, 0.25) is 0 Å². The molecule has 0 aromatic carbocycles. The van der Waals surface area contributed by atoms with E-state index in [4.69, 9.17) is 9.47 Å². The summed E-state index contributed by atoms with van der Waals surface area (Å²) in [5.41, 5.74) is -0.351. The second-order valence-electron chi connectivity index (χ2n) is 10.6. The van der Waals surface area contributed by atoms with Gasteiger partial charge in [-0.3, -0.25) is 4.90 Å². The van der Waals surface area contributed by atoms with Crippen molar-refractivity contribution >= 4 is 6.09 Å². The molecule has 3 fully saturated rings. The molecule has 0 N–H and O–H groups in total. The monoisotopic (exact) mass is 487 g/mol. The first kappa shape index (κ1) is 27.3. The Morgan fingerprint density at radius 1 is 1.17 bits per heavy atom. The number of halogens is 1. The molecular weight excluding hydrogens is 445 g/mol. The zero-order valence-corrected chi connectivity index (χ0v) is 21.7. The number of fused-ring (bicyclic) bond motifs is 1. The van der Waals surface area contributed by atoms with Crippen molar-refractivity contribution in [3.05, 3.63) is 49.8 Å². The molecule has 7 atom stereocenters. The van der Waals surface area contributed by atoms with Crippen molar-refractivity contribution in [2.24, 2.45) is 29.1 Å². The molecule has 194 valence electrons. The number of amides is 1. The van der Waals surface area contributed by atoms with Crippen LogP contribution >= 0.6 is 0 Å². The van der Waals surface area contributed by atoms with Gasteiger partial charge >= 0.3 is 6.09 Å². The maximum atomic E-state index is 12.9. The topological polar surface area (TPSA) is 64.5 Å². The van der Waals surface area contributed by atoms with Crippen molar-refractivity contribution in [3.63, 3.8) is 0 Å². The minimum Gasteiger partial charge on any atom is -0.448 e. The number of aromatic nitrogens is 2. The summed E-state index contributed by atoms with van der Waals surface area (Å²) >= 11 is 0. The van der Waals surface area contributed by atoms with Gasteiger partial charge in [0.15, 0.2) is 5.82 Å². The van der Waals surface area contributed by atoms with E-state index < -0.39 is 5.82 Å². The maximum absolute atomic E-state index is 12.9. The minimum absolute atomic E-state index is 0.0975. The molecular formula is C28H42FN3O3. The summed E-state index contributed by atoms with van der Waals surface area (Å²) in [4.78, 5) is 21.7. The van der Waals surface area contributed by atoms with Gasteiger partial charge in [0, 0.05) is 11.5 Å². The van der Waals surface area contributed by atoms with E-state index in [-0.39, 0.29) is 23.6 Å². The van der Waals surface area contributed by atoms with Gasteiger partial charge in [-0.15, -0.1) is 13.2 Å². The number of nitrogens with zero attached hydrogens (tertiary/aromatic N) is 3. The fraction of sp³-hybridized carbons (Fsp3) is 0.679. The average molecular weight is 488 g/mol. The molecule has 4 rings (SSSR count). The highest BCUT2D eigenvalue weighted by atomic mass is 19.1. The highest BCUT2D eigenvalue weighted by Crippen LogP contribution is 2.55. The van der Waals surface area contributed by atoms with Gasteiger partial charge in [-0.25, -0.2) is 19.2 Å². The largest absolute Gasteiger partial charge is 0.448 e. The van der Waals surface area contributed by atoms with Crippen molar-refractivity contribution in [1.82, 2.24) is 14.9 Å². The quantitative estimate of drug-likeness (QED) is 0.417. The SMILES string of the molecule is C=CC(C=C)(CC)COC(=O)N1[C@H](C)C[C@H](C)[C@@H]1CO[C@H]1CCC2C(C)C2C1.Fc1cncnc1. The summed E-state index contributed by atoms with van der Waals surface area (Å²) in [6, 6.07) is 0.277. The van der Waals surface area contributed by atoms with Gasteiger partial charge in [-0.2, -0.15) is 0 Å². The van der Waals surface area contributed by atoms with E-state index in [0.717, 1.165) is 43.0 Å². The van der Waals surface area contributed by atoms with Crippen molar-refractivity contribution in [2.75, 3.05) is 13.2 Å². The first-order valence-corrected chi connectivity index (χ1v) is 13.0. The summed E-state index contributed by atoms with van der Waals surface area (Å²) in [7, 11) is 0. The molecule has 1 saturated heterocycles. The maximum Gasteiger partial charge on any atom is 0.410 e. The molecule has 1 aliphatic heterocycles. The third-order valence-electron chi connectivity index (χ3n) is 8.50. The summed E-state index contributed by atoms with van der Waals surface area (Å²) < 4.78 is 23.9. The summed E-state index contributed by atoms with van der Waals surface area (Å²) in [5.74, 6) is 2.74. The number of ether oxygens (including phenoxy) is 2. The molecule has 1 aromatic heterocycles. The Morgan fingerprint density at radius 3 is 2.40 bits per heavy atom. The smallest absolute Gasteiger partial charge is 0.410 e. The number of likely N-dealkylation sites (tertiary alicyclic amines) is 1. The molecule has 3 unspecified atom stereocenters. The third-order valence-corrected chi connectivity index (χ3v) is 8.50. The number of carbonyl (C=O) groups excluding carboxylic acids is 1. The van der Waals surface area contributed by atoms with Crippen LogP contribution in [0.5, 0.6) is 0 Å². The Hall–Kier alpha value is -2.28. The van der Waals surface area contributed by atoms with Gasteiger partial charge in [0.05, 0.1) is 31.1 Å². The van der Waals surface area contributed by atoms with Crippen molar-refractivity contribution in [3.8, 4) is 0 Å². The normalized spacial score (nSPS) is 31.6. The first-order valence-electron chi connectivity index (χ1n) is 13.0. The Morgan fingerprint density at radius 2 is 1.86 bits per heavy atom. The van der Waals surface area contributed by atoms with Crippen LogP contribution in [0.3, 0.4) is 0 Å². The van der Waals surface area contributed by atoms with E-state index in [1.165, 1.54) is 25.6 Å². The molecule has 3 aliphatic rings. The number of hydrogen-bond acceptors (Lipinski definition) is 5. The van der Waals surface area contributed by atoms with Crippen LogP contribution in [0.2, 0.25) is 0 Å². The van der Waals surface area contributed by atoms with Crippen molar-refractivity contribution in [2.45, 2.75) is 78.0 Å². The zero-order chi connectivity index (χ0) is 25.6. The van der Waals surface area contributed by atoms with E-state index in [1.54, 1.807) is 0 Å². The molecule has 2 aliphatic carbocycles. The molecule has 35 heavy (non-hydrogen) atoms. The average Bonchev–Trinajstić information content (AvgIpc) is 3.41. The lowest BCUT2D eigenvalue weighted by Crippen LogP contribution is -2.45. The Balaban J connectivity index is 0.000000420. The molecule has 1 amide bonds. The van der Waals surface area contributed by atoms with Gasteiger partial charge in [0.25, 0.3) is 0 Å². The minimum atomic E-state index is -0.400. The van der Waals surface area contributed by atoms with Crippen LogP contribution in [0.25, 0.3) is 0 Å². The molecule has 2 saturated carbocycles. The van der Waals surface area contributed by atoms with Crippen LogP contribution in [-0.4, -0.2) is 52.4 Å². The molecule has 6 nitrogen and oxygen atoms in total. The fourth-order valence-corrected chi connectivity index (χ4v) is 5.80. The standard InChI is InChI=1S/C24H39NO3.C4H3FN2/c1-7-24(8-2,9-3)15-28-23(26)25-17(5)12-16(4)22(25)14-27-19-10-11-20-18(6)21(20)13-19;5-4-1-6-3-7-2-4/h7-8,16-22H,1-2,9-15H2,3-6H3;1-3H/t16-,17+,18?,19-,20?,21?,22-;/m0./s1. The van der Waals surface area contributed by atoms with E-state index >= 15 is 0 Å². The van der Waals surface area contributed by atoms with Crippen LogP contribution < -0.4 is 0 Å².